The number of benzene rings is 2. The van der Waals surface area contributed by atoms with Gasteiger partial charge in [-0.25, -0.2) is 0 Å². The van der Waals surface area contributed by atoms with Crippen LogP contribution in [0.15, 0.2) is 45.6 Å². The molecule has 3 aromatic rings. The maximum atomic E-state index is 12.7. The maximum absolute atomic E-state index is 12.7. The number of aliphatic hydroxyl groups is 1. The van der Waals surface area contributed by atoms with Crippen LogP contribution < -0.4 is 15.5 Å². The van der Waals surface area contributed by atoms with Gasteiger partial charge in [0, 0.05) is 37.3 Å². The number of phenols is 2. The van der Waals surface area contributed by atoms with Gasteiger partial charge in [0.1, 0.15) is 40.6 Å². The summed E-state index contributed by atoms with van der Waals surface area (Å²) in [7, 11) is 0. The summed E-state index contributed by atoms with van der Waals surface area (Å²) in [4.78, 5) is 26.1. The Hall–Kier alpha value is -3.56. The molecule has 0 saturated carbocycles. The van der Waals surface area contributed by atoms with Crippen LogP contribution in [0.25, 0.3) is 22.3 Å². The topological polar surface area (TPSA) is 132 Å². The molecule has 9 nitrogen and oxygen atoms in total. The van der Waals surface area contributed by atoms with Crippen molar-refractivity contribution in [1.82, 2.24) is 10.2 Å². The molecule has 0 unspecified atom stereocenters. The molecule has 1 fully saturated rings. The van der Waals surface area contributed by atoms with E-state index in [9.17, 15) is 24.9 Å². The molecular formula is C22H22N2O7. The average molecular weight is 426 g/mol. The van der Waals surface area contributed by atoms with Crippen molar-refractivity contribution in [3.8, 4) is 28.6 Å². The molecule has 1 aromatic heterocycles. The molecule has 2 heterocycles. The van der Waals surface area contributed by atoms with E-state index in [2.05, 4.69) is 5.32 Å². The van der Waals surface area contributed by atoms with Gasteiger partial charge in [-0.1, -0.05) is 0 Å². The van der Waals surface area contributed by atoms with Crippen LogP contribution in [0.2, 0.25) is 0 Å². The molecule has 0 spiro atoms. The molecule has 1 saturated heterocycles. The number of nitrogens with zero attached hydrogens (tertiary/aromatic N) is 1. The predicted molar refractivity (Wildman–Crippen MR) is 112 cm³/mol. The zero-order valence-corrected chi connectivity index (χ0v) is 16.6. The Kier molecular flexibility index (Phi) is 5.79. The van der Waals surface area contributed by atoms with E-state index in [4.69, 9.17) is 9.15 Å². The van der Waals surface area contributed by atoms with E-state index < -0.39 is 17.8 Å². The summed E-state index contributed by atoms with van der Waals surface area (Å²) in [6, 6.07) is 8.87. The van der Waals surface area contributed by atoms with Gasteiger partial charge < -0.3 is 29.8 Å². The summed E-state index contributed by atoms with van der Waals surface area (Å²) in [6.07, 6.45) is 0. The van der Waals surface area contributed by atoms with Crippen LogP contribution >= 0.6 is 0 Å². The average Bonchev–Trinajstić information content (AvgIpc) is 2.74. The first kappa shape index (κ1) is 20.7. The first-order valence-corrected chi connectivity index (χ1v) is 9.81. The second kappa shape index (κ2) is 8.66. The number of aromatic hydroxyl groups is 2. The Morgan fingerprint density at radius 3 is 2.61 bits per heavy atom. The van der Waals surface area contributed by atoms with E-state index >= 15 is 0 Å². The highest BCUT2D eigenvalue weighted by Gasteiger charge is 2.20. The van der Waals surface area contributed by atoms with Crippen molar-refractivity contribution >= 4 is 16.9 Å². The van der Waals surface area contributed by atoms with E-state index in [-0.39, 0.29) is 52.9 Å². The predicted octanol–water partition coefficient (Wildman–Crippen LogP) is 1.17. The number of ether oxygens (including phenoxy) is 1. The van der Waals surface area contributed by atoms with Gasteiger partial charge in [-0.2, -0.15) is 0 Å². The molecule has 4 N–H and O–H groups in total. The van der Waals surface area contributed by atoms with Crippen molar-refractivity contribution in [2.24, 2.45) is 0 Å². The molecule has 1 aliphatic heterocycles. The molecule has 31 heavy (non-hydrogen) atoms. The number of hydrogen-bond acceptors (Lipinski definition) is 8. The molecule has 0 aliphatic carbocycles. The van der Waals surface area contributed by atoms with Crippen LogP contribution in [0, 0.1) is 0 Å². The Morgan fingerprint density at radius 1 is 1.13 bits per heavy atom. The van der Waals surface area contributed by atoms with Crippen LogP contribution in [0.5, 0.6) is 17.2 Å². The van der Waals surface area contributed by atoms with Crippen molar-refractivity contribution in [1.29, 1.82) is 0 Å². The lowest BCUT2D eigenvalue weighted by atomic mass is 10.1. The van der Waals surface area contributed by atoms with E-state index in [0.29, 0.717) is 25.2 Å². The summed E-state index contributed by atoms with van der Waals surface area (Å²) in [5, 5.41) is 32.5. The molecule has 0 atom stereocenters. The minimum Gasteiger partial charge on any atom is -0.508 e. The molecule has 2 aromatic carbocycles. The standard InChI is InChI=1S/C22H22N2O7/c25-12-15-18(30-8-7-24-6-5-23-20(28)11-24)10-19-21(22(15)29)16(27)9-17(31-19)13-1-3-14(26)4-2-13/h1-4,9-10,25-26,29H,5-8,11-12H2,(H,23,28). The number of fused-ring (bicyclic) bond motifs is 1. The van der Waals surface area contributed by atoms with E-state index in [0.717, 1.165) is 0 Å². The van der Waals surface area contributed by atoms with E-state index in [1.165, 1.54) is 24.3 Å². The summed E-state index contributed by atoms with van der Waals surface area (Å²) in [6.45, 7) is 1.73. The van der Waals surface area contributed by atoms with Gasteiger partial charge in [0.2, 0.25) is 5.91 Å². The number of piperazine rings is 1. The first-order chi connectivity index (χ1) is 15.0. The third-order valence-corrected chi connectivity index (χ3v) is 5.15. The van der Waals surface area contributed by atoms with Crippen LogP contribution in [0.3, 0.4) is 0 Å². The molecule has 162 valence electrons. The van der Waals surface area contributed by atoms with Gasteiger partial charge in [0.25, 0.3) is 0 Å². The number of nitrogens with one attached hydrogen (secondary N) is 1. The minimum atomic E-state index is -0.525. The SMILES string of the molecule is O=C1CN(CCOc2cc3oc(-c4ccc(O)cc4)cc(=O)c3c(O)c2CO)CCN1. The van der Waals surface area contributed by atoms with E-state index in [1.807, 2.05) is 4.90 Å². The quantitative estimate of drug-likeness (QED) is 0.462. The number of amides is 1. The molecule has 0 bridgehead atoms. The van der Waals surface area contributed by atoms with Crippen LogP contribution in [0.4, 0.5) is 0 Å². The highest BCUT2D eigenvalue weighted by atomic mass is 16.5. The molecule has 1 amide bonds. The van der Waals surface area contributed by atoms with Crippen molar-refractivity contribution in [3.05, 3.63) is 52.2 Å². The number of carbonyl (C=O) groups is 1. The van der Waals surface area contributed by atoms with Crippen LogP contribution in [0.1, 0.15) is 5.56 Å². The number of hydrogen-bond donors (Lipinski definition) is 4. The van der Waals surface area contributed by atoms with Gasteiger partial charge in [0.05, 0.1) is 18.7 Å². The third kappa shape index (κ3) is 4.32. The smallest absolute Gasteiger partial charge is 0.234 e. The first-order valence-electron chi connectivity index (χ1n) is 9.81. The highest BCUT2D eigenvalue weighted by Crippen LogP contribution is 2.36. The van der Waals surface area contributed by atoms with Gasteiger partial charge in [-0.3, -0.25) is 14.5 Å². The van der Waals surface area contributed by atoms with Crippen molar-refractivity contribution in [3.63, 3.8) is 0 Å². The lowest BCUT2D eigenvalue weighted by Crippen LogP contribution is -2.48. The van der Waals surface area contributed by atoms with Crippen molar-refractivity contribution in [2.45, 2.75) is 6.61 Å². The van der Waals surface area contributed by atoms with Gasteiger partial charge >= 0.3 is 0 Å². The lowest BCUT2D eigenvalue weighted by molar-refractivity contribution is -0.124. The molecule has 4 rings (SSSR count). The summed E-state index contributed by atoms with van der Waals surface area (Å²) < 4.78 is 11.6. The molecule has 1 aliphatic rings. The number of carbonyl (C=O) groups excluding carboxylic acids is 1. The molecule has 0 radical (unpaired) electrons. The van der Waals surface area contributed by atoms with Gasteiger partial charge in [0.15, 0.2) is 5.43 Å². The summed E-state index contributed by atoms with van der Waals surface area (Å²) >= 11 is 0. The monoisotopic (exact) mass is 426 g/mol. The second-order valence-corrected chi connectivity index (χ2v) is 7.23. The molecule has 9 heteroatoms. The second-order valence-electron chi connectivity index (χ2n) is 7.23. The minimum absolute atomic E-state index is 0.0471. The van der Waals surface area contributed by atoms with Crippen molar-refractivity contribution in [2.75, 3.05) is 32.8 Å². The Bertz CT molecular complexity index is 1170. The number of phenolic OH excluding ortho intramolecular Hbond substituents is 1. The Balaban J connectivity index is 1.65. The van der Waals surface area contributed by atoms with Gasteiger partial charge in [-0.05, 0) is 24.3 Å². The fourth-order valence-corrected chi connectivity index (χ4v) is 3.54. The van der Waals surface area contributed by atoms with Crippen LogP contribution in [-0.4, -0.2) is 58.9 Å². The summed E-state index contributed by atoms with van der Waals surface area (Å²) in [5.74, 6) is 0.102. The number of rotatable bonds is 6. The third-order valence-electron chi connectivity index (χ3n) is 5.15. The Morgan fingerprint density at radius 2 is 1.90 bits per heavy atom. The summed E-state index contributed by atoms with van der Waals surface area (Å²) in [5.41, 5.74) is 0.307. The molecular weight excluding hydrogens is 404 g/mol. The van der Waals surface area contributed by atoms with E-state index in [1.54, 1.807) is 12.1 Å². The zero-order valence-electron chi connectivity index (χ0n) is 16.6. The zero-order chi connectivity index (χ0) is 22.0. The fourth-order valence-electron chi connectivity index (χ4n) is 3.54. The fraction of sp³-hybridized carbons (Fsp3) is 0.273. The van der Waals surface area contributed by atoms with Crippen molar-refractivity contribution < 1.29 is 29.3 Å². The largest absolute Gasteiger partial charge is 0.508 e. The number of aliphatic hydroxyl groups excluding tert-OH is 1. The highest BCUT2D eigenvalue weighted by molar-refractivity contribution is 5.88. The lowest BCUT2D eigenvalue weighted by Gasteiger charge is -2.26. The normalized spacial score (nSPS) is 14.5. The van der Waals surface area contributed by atoms with Crippen LogP contribution in [-0.2, 0) is 11.4 Å². The van der Waals surface area contributed by atoms with Gasteiger partial charge in [-0.15, -0.1) is 0 Å². The maximum Gasteiger partial charge on any atom is 0.234 e. The Labute approximate surface area is 177 Å².